The summed E-state index contributed by atoms with van der Waals surface area (Å²) in [5.74, 6) is 0.782. The molecule has 0 N–H and O–H groups in total. The van der Waals surface area contributed by atoms with E-state index in [1.165, 1.54) is 6.26 Å². The molecule has 0 bridgehead atoms. The fraction of sp³-hybridized carbons (Fsp3) is 0.538. The van der Waals surface area contributed by atoms with E-state index < -0.39 is 14.6 Å². The molecular weight excluding hydrogens is 316 g/mol. The van der Waals surface area contributed by atoms with Crippen molar-refractivity contribution in [3.05, 3.63) is 29.8 Å². The molecule has 0 aliphatic heterocycles. The van der Waals surface area contributed by atoms with E-state index in [4.69, 9.17) is 4.74 Å². The Kier molecular flexibility index (Phi) is 4.84. The highest BCUT2D eigenvalue weighted by Gasteiger charge is 2.37. The Morgan fingerprint density at radius 2 is 2.00 bits per heavy atom. The van der Waals surface area contributed by atoms with Gasteiger partial charge in [-0.1, -0.05) is 28.1 Å². The largest absolute Gasteiger partial charge is 0.497 e. The Balaban J connectivity index is 2.91. The van der Waals surface area contributed by atoms with Gasteiger partial charge in [0.1, 0.15) is 5.75 Å². The molecule has 0 aliphatic rings. The Hall–Kier alpha value is -0.550. The van der Waals surface area contributed by atoms with E-state index >= 15 is 0 Å². The molecule has 0 aliphatic carbocycles. The first kappa shape index (κ1) is 15.5. The standard InChI is InChI=1S/C13H19BrO3S/c1-13(2,18(4,15)16)12(14)9-10-6-5-7-11(8-10)17-3/h5-8,12H,9H2,1-4H3. The fourth-order valence-corrected chi connectivity index (χ4v) is 3.42. The summed E-state index contributed by atoms with van der Waals surface area (Å²) in [4.78, 5) is -0.146. The molecule has 3 nitrogen and oxygen atoms in total. The summed E-state index contributed by atoms with van der Waals surface area (Å²) in [6.45, 7) is 3.48. The maximum atomic E-state index is 11.8. The third kappa shape index (κ3) is 3.48. The number of methoxy groups -OCH3 is 1. The van der Waals surface area contributed by atoms with Crippen molar-refractivity contribution in [2.45, 2.75) is 29.8 Å². The maximum Gasteiger partial charge on any atom is 0.153 e. The van der Waals surface area contributed by atoms with Gasteiger partial charge in [-0.15, -0.1) is 0 Å². The zero-order valence-electron chi connectivity index (χ0n) is 11.1. The minimum atomic E-state index is -3.12. The lowest BCUT2D eigenvalue weighted by Gasteiger charge is -2.28. The van der Waals surface area contributed by atoms with Crippen LogP contribution < -0.4 is 4.74 Å². The molecule has 1 atom stereocenters. The van der Waals surface area contributed by atoms with Crippen molar-refractivity contribution in [3.63, 3.8) is 0 Å². The van der Waals surface area contributed by atoms with Crippen LogP contribution in [0.4, 0.5) is 0 Å². The van der Waals surface area contributed by atoms with E-state index in [2.05, 4.69) is 15.9 Å². The zero-order chi connectivity index (χ0) is 14.0. The van der Waals surface area contributed by atoms with Crippen molar-refractivity contribution in [1.82, 2.24) is 0 Å². The van der Waals surface area contributed by atoms with Crippen LogP contribution in [0.15, 0.2) is 24.3 Å². The van der Waals surface area contributed by atoms with Crippen LogP contribution in [0.5, 0.6) is 5.75 Å². The van der Waals surface area contributed by atoms with E-state index in [9.17, 15) is 8.42 Å². The summed E-state index contributed by atoms with van der Waals surface area (Å²) in [6, 6.07) is 7.66. The van der Waals surface area contributed by atoms with Gasteiger partial charge in [0.05, 0.1) is 11.9 Å². The number of rotatable bonds is 5. The minimum absolute atomic E-state index is 0.146. The van der Waals surface area contributed by atoms with Crippen LogP contribution in [0, 0.1) is 0 Å². The summed E-state index contributed by atoms with van der Waals surface area (Å²) in [7, 11) is -1.50. The Morgan fingerprint density at radius 3 is 2.50 bits per heavy atom. The van der Waals surface area contributed by atoms with Gasteiger partial charge in [-0.25, -0.2) is 8.42 Å². The number of alkyl halides is 1. The quantitative estimate of drug-likeness (QED) is 0.777. The summed E-state index contributed by atoms with van der Waals surface area (Å²) in [5.41, 5.74) is 1.05. The summed E-state index contributed by atoms with van der Waals surface area (Å²) < 4.78 is 27.9. The highest BCUT2D eigenvalue weighted by Crippen LogP contribution is 2.29. The van der Waals surface area contributed by atoms with Crippen molar-refractivity contribution < 1.29 is 13.2 Å². The van der Waals surface area contributed by atoms with Gasteiger partial charge < -0.3 is 4.74 Å². The molecule has 1 aromatic carbocycles. The third-order valence-electron chi connectivity index (χ3n) is 3.26. The van der Waals surface area contributed by atoms with Gasteiger partial charge in [0.2, 0.25) is 0 Å². The predicted molar refractivity (Wildman–Crippen MR) is 78.3 cm³/mol. The molecule has 102 valence electrons. The molecule has 1 rings (SSSR count). The van der Waals surface area contributed by atoms with Crippen LogP contribution in [0.2, 0.25) is 0 Å². The van der Waals surface area contributed by atoms with Gasteiger partial charge in [-0.05, 0) is 38.0 Å². The SMILES string of the molecule is COc1cccc(CC(Br)C(C)(C)S(C)(=O)=O)c1. The van der Waals surface area contributed by atoms with Gasteiger partial charge >= 0.3 is 0 Å². The zero-order valence-corrected chi connectivity index (χ0v) is 13.5. The first-order chi connectivity index (χ1) is 8.18. The van der Waals surface area contributed by atoms with Crippen LogP contribution in [0.25, 0.3) is 0 Å². The number of hydrogen-bond donors (Lipinski definition) is 0. The monoisotopic (exact) mass is 334 g/mol. The molecule has 0 amide bonds. The lowest BCUT2D eigenvalue weighted by molar-refractivity contribution is 0.414. The second-order valence-electron chi connectivity index (χ2n) is 4.90. The molecule has 0 aromatic heterocycles. The number of halogens is 1. The second-order valence-corrected chi connectivity index (χ2v) is 8.60. The lowest BCUT2D eigenvalue weighted by atomic mass is 10.0. The highest BCUT2D eigenvalue weighted by atomic mass is 79.9. The minimum Gasteiger partial charge on any atom is -0.497 e. The van der Waals surface area contributed by atoms with Crippen molar-refractivity contribution in [2.75, 3.05) is 13.4 Å². The van der Waals surface area contributed by atoms with E-state index in [0.717, 1.165) is 11.3 Å². The first-order valence-corrected chi connectivity index (χ1v) is 8.46. The van der Waals surface area contributed by atoms with E-state index in [-0.39, 0.29) is 4.83 Å². The molecule has 0 saturated carbocycles. The molecule has 0 spiro atoms. The molecule has 0 heterocycles. The van der Waals surface area contributed by atoms with Gasteiger partial charge in [0.25, 0.3) is 0 Å². The highest BCUT2D eigenvalue weighted by molar-refractivity contribution is 9.09. The van der Waals surface area contributed by atoms with E-state index in [1.54, 1.807) is 21.0 Å². The van der Waals surface area contributed by atoms with Crippen LogP contribution in [-0.2, 0) is 16.3 Å². The molecule has 0 fully saturated rings. The van der Waals surface area contributed by atoms with Gasteiger partial charge in [-0.3, -0.25) is 0 Å². The molecule has 0 saturated heterocycles. The molecule has 1 unspecified atom stereocenters. The third-order valence-corrected chi connectivity index (χ3v) is 7.23. The molecule has 0 radical (unpaired) electrons. The topological polar surface area (TPSA) is 43.4 Å². The van der Waals surface area contributed by atoms with Crippen LogP contribution in [0.3, 0.4) is 0 Å². The van der Waals surface area contributed by atoms with Crippen LogP contribution in [-0.4, -0.2) is 31.4 Å². The second kappa shape index (κ2) is 5.61. The number of sulfone groups is 1. The van der Waals surface area contributed by atoms with Gasteiger partial charge in [0, 0.05) is 11.1 Å². The molecular formula is C13H19BrO3S. The molecule has 5 heteroatoms. The lowest BCUT2D eigenvalue weighted by Crippen LogP contribution is -2.41. The Labute approximate surface area is 118 Å². The summed E-state index contributed by atoms with van der Waals surface area (Å²) >= 11 is 3.50. The van der Waals surface area contributed by atoms with E-state index in [0.29, 0.717) is 6.42 Å². The molecule has 1 aromatic rings. The first-order valence-electron chi connectivity index (χ1n) is 5.65. The van der Waals surface area contributed by atoms with Crippen LogP contribution >= 0.6 is 15.9 Å². The van der Waals surface area contributed by atoms with Crippen molar-refractivity contribution in [2.24, 2.45) is 0 Å². The fourth-order valence-electron chi connectivity index (χ4n) is 1.48. The Morgan fingerprint density at radius 1 is 1.39 bits per heavy atom. The number of ether oxygens (including phenoxy) is 1. The maximum absolute atomic E-state index is 11.8. The van der Waals surface area contributed by atoms with Crippen molar-refractivity contribution in [1.29, 1.82) is 0 Å². The summed E-state index contributed by atoms with van der Waals surface area (Å²) in [6.07, 6.45) is 1.91. The molecule has 18 heavy (non-hydrogen) atoms. The average Bonchev–Trinajstić information content (AvgIpc) is 2.27. The normalized spacial score (nSPS) is 14.3. The average molecular weight is 335 g/mol. The van der Waals surface area contributed by atoms with Crippen molar-refractivity contribution >= 4 is 25.8 Å². The predicted octanol–water partition coefficient (Wildman–Crippen LogP) is 2.82. The smallest absolute Gasteiger partial charge is 0.153 e. The number of benzene rings is 1. The summed E-state index contributed by atoms with van der Waals surface area (Å²) in [5, 5.41) is 0. The van der Waals surface area contributed by atoms with Gasteiger partial charge in [0.15, 0.2) is 9.84 Å². The number of hydrogen-bond acceptors (Lipinski definition) is 3. The Bertz CT molecular complexity index is 509. The van der Waals surface area contributed by atoms with Crippen molar-refractivity contribution in [3.8, 4) is 5.75 Å². The van der Waals surface area contributed by atoms with Gasteiger partial charge in [-0.2, -0.15) is 0 Å². The van der Waals surface area contributed by atoms with Crippen LogP contribution in [0.1, 0.15) is 19.4 Å². The van der Waals surface area contributed by atoms with E-state index in [1.807, 2.05) is 24.3 Å².